The highest BCUT2D eigenvalue weighted by atomic mass is 79.9. The summed E-state index contributed by atoms with van der Waals surface area (Å²) in [4.78, 5) is 12.0. The first-order chi connectivity index (χ1) is 8.57. The fraction of sp³-hybridized carbons (Fsp3) is 0.500. The van der Waals surface area contributed by atoms with Gasteiger partial charge < -0.3 is 11.1 Å². The number of halogens is 2. The molecule has 2 rings (SSSR count). The van der Waals surface area contributed by atoms with Gasteiger partial charge in [0.2, 0.25) is 5.91 Å². The van der Waals surface area contributed by atoms with Gasteiger partial charge in [0.1, 0.15) is 0 Å². The highest BCUT2D eigenvalue weighted by Crippen LogP contribution is 2.46. The number of rotatable bonds is 5. The smallest absolute Gasteiger partial charge is 0.237 e. The molecule has 0 saturated heterocycles. The number of nitrogens with two attached hydrogens (primary N) is 1. The van der Waals surface area contributed by atoms with Crippen molar-refractivity contribution < 1.29 is 4.79 Å². The van der Waals surface area contributed by atoms with Gasteiger partial charge >= 0.3 is 0 Å². The summed E-state index contributed by atoms with van der Waals surface area (Å²) in [5.74, 6) is -0.0330. The van der Waals surface area contributed by atoms with E-state index in [4.69, 9.17) is 5.73 Å². The number of amides is 1. The molecule has 1 saturated carbocycles. The lowest BCUT2D eigenvalue weighted by Gasteiger charge is -2.20. The Morgan fingerprint density at radius 3 is 2.74 bits per heavy atom. The number of hydrogen-bond acceptors (Lipinski definition) is 2. The van der Waals surface area contributed by atoms with E-state index >= 15 is 0 Å². The van der Waals surface area contributed by atoms with Crippen molar-refractivity contribution in [1.29, 1.82) is 0 Å². The van der Waals surface area contributed by atoms with Crippen LogP contribution in [-0.4, -0.2) is 11.9 Å². The van der Waals surface area contributed by atoms with Crippen molar-refractivity contribution >= 4 is 34.2 Å². The minimum absolute atomic E-state index is 0. The summed E-state index contributed by atoms with van der Waals surface area (Å²) in [5.41, 5.74) is 6.84. The maximum Gasteiger partial charge on any atom is 0.237 e. The quantitative estimate of drug-likeness (QED) is 0.860. The molecule has 5 heteroatoms. The Morgan fingerprint density at radius 2 is 2.21 bits per heavy atom. The van der Waals surface area contributed by atoms with Gasteiger partial charge in [-0.2, -0.15) is 0 Å². The average Bonchev–Trinajstić information content (AvgIpc) is 3.10. The minimum Gasteiger partial charge on any atom is -0.345 e. The first kappa shape index (κ1) is 16.5. The van der Waals surface area contributed by atoms with Crippen LogP contribution >= 0.6 is 28.3 Å². The van der Waals surface area contributed by atoms with Crippen molar-refractivity contribution in [2.75, 3.05) is 0 Å². The Labute approximate surface area is 128 Å². The third-order valence-electron chi connectivity index (χ3n) is 3.43. The highest BCUT2D eigenvalue weighted by molar-refractivity contribution is 9.10. The maximum absolute atomic E-state index is 12.0. The molecule has 0 heterocycles. The van der Waals surface area contributed by atoms with Crippen LogP contribution < -0.4 is 11.1 Å². The van der Waals surface area contributed by atoms with Gasteiger partial charge in [-0.1, -0.05) is 41.4 Å². The van der Waals surface area contributed by atoms with Gasteiger partial charge in [0.15, 0.2) is 0 Å². The predicted molar refractivity (Wildman–Crippen MR) is 83.3 cm³/mol. The normalized spacial score (nSPS) is 17.2. The molecule has 3 N–H and O–H groups in total. The number of hydrogen-bond donors (Lipinski definition) is 2. The SMILES string of the molecule is CCCC(N)C(=O)NC1(c2cccc(Br)c2)CC1.Cl. The Bertz CT molecular complexity index is 449. The number of nitrogens with one attached hydrogen (secondary N) is 1. The van der Waals surface area contributed by atoms with E-state index in [1.165, 1.54) is 0 Å². The van der Waals surface area contributed by atoms with Crippen LogP contribution in [0.15, 0.2) is 28.7 Å². The van der Waals surface area contributed by atoms with E-state index in [0.29, 0.717) is 0 Å². The number of carbonyl (C=O) groups excluding carboxylic acids is 1. The van der Waals surface area contributed by atoms with Gasteiger partial charge in [-0.3, -0.25) is 4.79 Å². The molecule has 0 bridgehead atoms. The minimum atomic E-state index is -0.389. The first-order valence-corrected chi connectivity index (χ1v) is 7.20. The molecule has 1 unspecified atom stereocenters. The summed E-state index contributed by atoms with van der Waals surface area (Å²) in [6, 6.07) is 7.73. The topological polar surface area (TPSA) is 55.1 Å². The van der Waals surface area contributed by atoms with Crippen molar-refractivity contribution in [3.63, 3.8) is 0 Å². The van der Waals surface area contributed by atoms with Gasteiger partial charge in [0.25, 0.3) is 0 Å². The number of benzene rings is 1. The van der Waals surface area contributed by atoms with Crippen molar-refractivity contribution in [3.8, 4) is 0 Å². The average molecular weight is 348 g/mol. The Hall–Kier alpha value is -0.580. The Morgan fingerprint density at radius 1 is 1.53 bits per heavy atom. The second-order valence-electron chi connectivity index (χ2n) is 4.98. The van der Waals surface area contributed by atoms with Crippen LogP contribution in [0.25, 0.3) is 0 Å². The summed E-state index contributed by atoms with van der Waals surface area (Å²) < 4.78 is 1.04. The summed E-state index contributed by atoms with van der Waals surface area (Å²) >= 11 is 3.47. The summed E-state index contributed by atoms with van der Waals surface area (Å²) in [6.45, 7) is 2.04. The molecule has 1 aromatic carbocycles. The van der Waals surface area contributed by atoms with E-state index in [-0.39, 0.29) is 29.9 Å². The van der Waals surface area contributed by atoms with Crippen LogP contribution in [0.2, 0.25) is 0 Å². The molecular weight excluding hydrogens is 328 g/mol. The molecule has 1 amide bonds. The van der Waals surface area contributed by atoms with Crippen LogP contribution in [0.4, 0.5) is 0 Å². The van der Waals surface area contributed by atoms with Gasteiger partial charge in [-0.05, 0) is 37.0 Å². The van der Waals surface area contributed by atoms with Crippen molar-refractivity contribution in [1.82, 2.24) is 5.32 Å². The fourth-order valence-electron chi connectivity index (χ4n) is 2.17. The van der Waals surface area contributed by atoms with Gasteiger partial charge in [-0.15, -0.1) is 12.4 Å². The summed E-state index contributed by atoms with van der Waals surface area (Å²) in [7, 11) is 0. The second kappa shape index (κ2) is 6.73. The Balaban J connectivity index is 0.00000180. The van der Waals surface area contributed by atoms with E-state index < -0.39 is 0 Å². The standard InChI is InChI=1S/C14H19BrN2O.ClH/c1-2-4-12(16)13(18)17-14(7-8-14)10-5-3-6-11(15)9-10;/h3,5-6,9,12H,2,4,7-8,16H2,1H3,(H,17,18);1H. The molecular formula is C14H20BrClN2O. The maximum atomic E-state index is 12.0. The van der Waals surface area contributed by atoms with Crippen molar-refractivity contribution in [3.05, 3.63) is 34.3 Å². The molecule has 1 aliphatic rings. The van der Waals surface area contributed by atoms with Crippen molar-refractivity contribution in [2.24, 2.45) is 5.73 Å². The number of carbonyl (C=O) groups is 1. The van der Waals surface area contributed by atoms with E-state index in [9.17, 15) is 4.79 Å². The van der Waals surface area contributed by atoms with Crippen molar-refractivity contribution in [2.45, 2.75) is 44.2 Å². The molecule has 0 radical (unpaired) electrons. The zero-order valence-corrected chi connectivity index (χ0v) is 13.4. The monoisotopic (exact) mass is 346 g/mol. The lowest BCUT2D eigenvalue weighted by Crippen LogP contribution is -2.45. The lowest BCUT2D eigenvalue weighted by molar-refractivity contribution is -0.123. The molecule has 3 nitrogen and oxygen atoms in total. The zero-order valence-electron chi connectivity index (χ0n) is 11.0. The van der Waals surface area contributed by atoms with Crippen LogP contribution in [0.3, 0.4) is 0 Å². The predicted octanol–water partition coefficient (Wildman–Crippen LogP) is 3.10. The summed E-state index contributed by atoms with van der Waals surface area (Å²) in [6.07, 6.45) is 3.65. The summed E-state index contributed by atoms with van der Waals surface area (Å²) in [5, 5.41) is 3.11. The van der Waals surface area contributed by atoms with Crippen LogP contribution in [0, 0.1) is 0 Å². The molecule has 0 spiro atoms. The first-order valence-electron chi connectivity index (χ1n) is 6.41. The second-order valence-corrected chi connectivity index (χ2v) is 5.89. The molecule has 1 aromatic rings. The molecule has 0 aliphatic heterocycles. The van der Waals surface area contributed by atoms with Gasteiger partial charge in [-0.25, -0.2) is 0 Å². The molecule has 19 heavy (non-hydrogen) atoms. The van der Waals surface area contributed by atoms with Crippen LogP contribution in [0.1, 0.15) is 38.2 Å². The van der Waals surface area contributed by atoms with E-state index in [1.807, 2.05) is 19.1 Å². The van der Waals surface area contributed by atoms with Crippen LogP contribution in [-0.2, 0) is 10.3 Å². The van der Waals surface area contributed by atoms with E-state index in [1.54, 1.807) is 0 Å². The van der Waals surface area contributed by atoms with Gasteiger partial charge in [0, 0.05) is 4.47 Å². The van der Waals surface area contributed by atoms with E-state index in [0.717, 1.165) is 35.7 Å². The molecule has 1 aliphatic carbocycles. The third kappa shape index (κ3) is 3.94. The molecule has 106 valence electrons. The lowest BCUT2D eigenvalue weighted by atomic mass is 10.0. The largest absolute Gasteiger partial charge is 0.345 e. The van der Waals surface area contributed by atoms with Crippen LogP contribution in [0.5, 0.6) is 0 Å². The highest BCUT2D eigenvalue weighted by Gasteiger charge is 2.46. The molecule has 1 atom stereocenters. The molecule has 1 fully saturated rings. The van der Waals surface area contributed by atoms with E-state index in [2.05, 4.69) is 33.4 Å². The van der Waals surface area contributed by atoms with Gasteiger partial charge in [0.05, 0.1) is 11.6 Å². The third-order valence-corrected chi connectivity index (χ3v) is 3.92. The molecule has 0 aromatic heterocycles. The fourth-order valence-corrected chi connectivity index (χ4v) is 2.57. The Kier molecular flexibility index (Phi) is 5.83. The zero-order chi connectivity index (χ0) is 13.2.